The van der Waals surface area contributed by atoms with Crippen molar-refractivity contribution < 1.29 is 23.8 Å². The minimum absolute atomic E-state index is 0.218. The summed E-state index contributed by atoms with van der Waals surface area (Å²) in [4.78, 5) is 22.9. The first kappa shape index (κ1) is 16.2. The van der Waals surface area contributed by atoms with Crippen molar-refractivity contribution in [3.63, 3.8) is 0 Å². The molecule has 0 saturated carbocycles. The number of hydrogen-bond donors (Lipinski definition) is 0. The van der Waals surface area contributed by atoms with E-state index >= 15 is 0 Å². The summed E-state index contributed by atoms with van der Waals surface area (Å²) in [5, 5.41) is 0. The fourth-order valence-corrected chi connectivity index (χ4v) is 1.98. The van der Waals surface area contributed by atoms with E-state index in [4.69, 9.17) is 14.2 Å². The number of ether oxygens (including phenoxy) is 3. The molecule has 0 aromatic heterocycles. The molecule has 0 aromatic carbocycles. The van der Waals surface area contributed by atoms with Crippen LogP contribution in [0.15, 0.2) is 38.0 Å². The molecule has 1 aliphatic rings. The van der Waals surface area contributed by atoms with Gasteiger partial charge >= 0.3 is 11.9 Å². The van der Waals surface area contributed by atoms with Crippen molar-refractivity contribution in [1.82, 2.24) is 0 Å². The lowest BCUT2D eigenvalue weighted by Gasteiger charge is -2.22. The van der Waals surface area contributed by atoms with Gasteiger partial charge in [0.1, 0.15) is 12.2 Å². The molecule has 1 fully saturated rings. The van der Waals surface area contributed by atoms with Gasteiger partial charge in [0.2, 0.25) is 0 Å². The van der Waals surface area contributed by atoms with Crippen LogP contribution in [-0.4, -0.2) is 36.4 Å². The summed E-state index contributed by atoms with van der Waals surface area (Å²) in [6, 6.07) is 0. The Morgan fingerprint density at radius 3 is 2.10 bits per heavy atom. The Morgan fingerprint density at radius 2 is 1.65 bits per heavy atom. The van der Waals surface area contributed by atoms with E-state index in [0.29, 0.717) is 6.42 Å². The first-order valence-corrected chi connectivity index (χ1v) is 6.41. The third-order valence-electron chi connectivity index (χ3n) is 2.87. The van der Waals surface area contributed by atoms with Gasteiger partial charge in [0, 0.05) is 13.3 Å². The van der Waals surface area contributed by atoms with Gasteiger partial charge in [-0.3, -0.25) is 9.59 Å². The third-order valence-corrected chi connectivity index (χ3v) is 2.87. The topological polar surface area (TPSA) is 61.8 Å². The van der Waals surface area contributed by atoms with Crippen molar-refractivity contribution >= 4 is 11.9 Å². The van der Waals surface area contributed by atoms with E-state index in [1.165, 1.54) is 19.1 Å². The predicted octanol–water partition coefficient (Wildman–Crippen LogP) is 1.94. The third kappa shape index (κ3) is 4.06. The Bertz CT molecular complexity index is 401. The van der Waals surface area contributed by atoms with Gasteiger partial charge in [0.15, 0.2) is 12.2 Å². The summed E-state index contributed by atoms with van der Waals surface area (Å²) in [6.07, 6.45) is 2.93. The van der Waals surface area contributed by atoms with Crippen molar-refractivity contribution in [2.75, 3.05) is 0 Å². The maximum absolute atomic E-state index is 11.7. The number of rotatable bonds is 7. The van der Waals surface area contributed by atoms with Crippen LogP contribution in [0.5, 0.6) is 0 Å². The van der Waals surface area contributed by atoms with Crippen molar-refractivity contribution in [3.05, 3.63) is 38.0 Å². The molecule has 0 spiro atoms. The van der Waals surface area contributed by atoms with Crippen LogP contribution < -0.4 is 0 Å². The van der Waals surface area contributed by atoms with Gasteiger partial charge in [-0.05, 0) is 6.42 Å². The van der Waals surface area contributed by atoms with E-state index in [-0.39, 0.29) is 6.42 Å². The Kier molecular flexibility index (Phi) is 6.18. The summed E-state index contributed by atoms with van der Waals surface area (Å²) in [6.45, 7) is 12.1. The molecule has 20 heavy (non-hydrogen) atoms. The van der Waals surface area contributed by atoms with Gasteiger partial charge < -0.3 is 14.2 Å². The molecule has 1 aliphatic heterocycles. The Morgan fingerprint density at radius 1 is 1.10 bits per heavy atom. The van der Waals surface area contributed by atoms with Crippen molar-refractivity contribution in [2.45, 2.75) is 44.2 Å². The average molecular weight is 280 g/mol. The first-order valence-electron chi connectivity index (χ1n) is 6.41. The SMILES string of the molecule is C=CCCC(=O)O[C@@H]1[C@H](OC(C)=O)[C@H](C=C)O[C@@H]1C=C. The van der Waals surface area contributed by atoms with Crippen LogP contribution >= 0.6 is 0 Å². The Balaban J connectivity index is 2.81. The molecule has 0 aromatic rings. The first-order chi connectivity index (χ1) is 9.53. The summed E-state index contributed by atoms with van der Waals surface area (Å²) >= 11 is 0. The summed E-state index contributed by atoms with van der Waals surface area (Å²) in [7, 11) is 0. The molecular formula is C15H20O5. The van der Waals surface area contributed by atoms with Gasteiger partial charge in [-0.25, -0.2) is 0 Å². The molecule has 0 amide bonds. The monoisotopic (exact) mass is 280 g/mol. The maximum Gasteiger partial charge on any atom is 0.306 e. The smallest absolute Gasteiger partial charge is 0.306 e. The summed E-state index contributed by atoms with van der Waals surface area (Å²) in [5.74, 6) is -0.866. The number of carbonyl (C=O) groups excluding carboxylic acids is 2. The number of allylic oxidation sites excluding steroid dienone is 1. The zero-order chi connectivity index (χ0) is 15.1. The average Bonchev–Trinajstić information content (AvgIpc) is 2.73. The van der Waals surface area contributed by atoms with Crippen LogP contribution in [0.25, 0.3) is 0 Å². The molecule has 5 heteroatoms. The second-order valence-corrected chi connectivity index (χ2v) is 4.39. The molecule has 110 valence electrons. The quantitative estimate of drug-likeness (QED) is 0.527. The second kappa shape index (κ2) is 7.65. The standard InChI is InChI=1S/C15H20O5/c1-5-8-9-13(17)20-15-12(7-3)19-11(6-2)14(15)18-10(4)16/h5-7,11-12,14-15H,1-3,8-9H2,4H3/t11-,12+,14+,15-/m0/s1. The van der Waals surface area contributed by atoms with Crippen LogP contribution in [0.2, 0.25) is 0 Å². The van der Waals surface area contributed by atoms with Crippen molar-refractivity contribution in [3.8, 4) is 0 Å². The van der Waals surface area contributed by atoms with E-state index in [0.717, 1.165) is 0 Å². The Labute approximate surface area is 118 Å². The second-order valence-electron chi connectivity index (χ2n) is 4.39. The largest absolute Gasteiger partial charge is 0.455 e. The molecule has 0 N–H and O–H groups in total. The molecule has 1 rings (SSSR count). The van der Waals surface area contributed by atoms with E-state index in [2.05, 4.69) is 19.7 Å². The number of esters is 2. The molecule has 1 saturated heterocycles. The molecule has 1 heterocycles. The van der Waals surface area contributed by atoms with Crippen LogP contribution in [0.3, 0.4) is 0 Å². The fraction of sp³-hybridized carbons (Fsp3) is 0.467. The lowest BCUT2D eigenvalue weighted by Crippen LogP contribution is -2.39. The van der Waals surface area contributed by atoms with Crippen molar-refractivity contribution in [1.29, 1.82) is 0 Å². The van der Waals surface area contributed by atoms with Gasteiger partial charge in [0.25, 0.3) is 0 Å². The molecule has 0 unspecified atom stereocenters. The van der Waals surface area contributed by atoms with E-state index in [1.54, 1.807) is 6.08 Å². The van der Waals surface area contributed by atoms with Gasteiger partial charge in [-0.15, -0.1) is 19.7 Å². The van der Waals surface area contributed by atoms with Crippen LogP contribution in [0.4, 0.5) is 0 Å². The van der Waals surface area contributed by atoms with Crippen LogP contribution in [-0.2, 0) is 23.8 Å². The zero-order valence-corrected chi connectivity index (χ0v) is 11.6. The summed E-state index contributed by atoms with van der Waals surface area (Å²) in [5.41, 5.74) is 0. The van der Waals surface area contributed by atoms with Gasteiger partial charge in [-0.2, -0.15) is 0 Å². The molecule has 4 atom stereocenters. The highest BCUT2D eigenvalue weighted by Crippen LogP contribution is 2.28. The Hall–Kier alpha value is -1.88. The lowest BCUT2D eigenvalue weighted by atomic mass is 10.1. The van der Waals surface area contributed by atoms with Gasteiger partial charge in [-0.1, -0.05) is 18.2 Å². The van der Waals surface area contributed by atoms with Crippen LogP contribution in [0, 0.1) is 0 Å². The van der Waals surface area contributed by atoms with E-state index in [1.807, 2.05) is 0 Å². The number of carbonyl (C=O) groups is 2. The normalized spacial score (nSPS) is 28.4. The highest BCUT2D eigenvalue weighted by Gasteiger charge is 2.46. The highest BCUT2D eigenvalue weighted by molar-refractivity contribution is 5.70. The van der Waals surface area contributed by atoms with Gasteiger partial charge in [0.05, 0.1) is 0 Å². The lowest BCUT2D eigenvalue weighted by molar-refractivity contribution is -0.164. The number of hydrogen-bond acceptors (Lipinski definition) is 5. The molecular weight excluding hydrogens is 260 g/mol. The zero-order valence-electron chi connectivity index (χ0n) is 11.6. The molecule has 0 bridgehead atoms. The minimum Gasteiger partial charge on any atom is -0.455 e. The molecule has 0 radical (unpaired) electrons. The predicted molar refractivity (Wildman–Crippen MR) is 73.9 cm³/mol. The highest BCUT2D eigenvalue weighted by atomic mass is 16.6. The van der Waals surface area contributed by atoms with E-state index in [9.17, 15) is 9.59 Å². The van der Waals surface area contributed by atoms with Crippen LogP contribution in [0.1, 0.15) is 19.8 Å². The summed E-state index contributed by atoms with van der Waals surface area (Å²) < 4.78 is 16.1. The molecule has 0 aliphatic carbocycles. The van der Waals surface area contributed by atoms with Crippen molar-refractivity contribution in [2.24, 2.45) is 0 Å². The fourth-order valence-electron chi connectivity index (χ4n) is 1.98. The minimum atomic E-state index is -0.711. The molecule has 5 nitrogen and oxygen atoms in total. The maximum atomic E-state index is 11.7. The van der Waals surface area contributed by atoms with E-state index < -0.39 is 36.4 Å².